The van der Waals surface area contributed by atoms with Gasteiger partial charge in [0, 0.05) is 13.1 Å². The van der Waals surface area contributed by atoms with Crippen LogP contribution in [0.25, 0.3) is 0 Å². The second kappa shape index (κ2) is 6.38. The van der Waals surface area contributed by atoms with E-state index in [9.17, 15) is 9.59 Å². The van der Waals surface area contributed by atoms with Gasteiger partial charge in [-0.25, -0.2) is 0 Å². The number of amides is 1. The summed E-state index contributed by atoms with van der Waals surface area (Å²) < 4.78 is 0. The zero-order valence-corrected chi connectivity index (χ0v) is 7.54. The molecule has 0 bridgehead atoms. The summed E-state index contributed by atoms with van der Waals surface area (Å²) in [5, 5.41) is 13.6. The van der Waals surface area contributed by atoms with Gasteiger partial charge in [-0.3, -0.25) is 9.59 Å². The number of hydrogen-bond donors (Lipinski definition) is 4. The summed E-state index contributed by atoms with van der Waals surface area (Å²) in [6, 6.07) is -0.963. The van der Waals surface area contributed by atoms with Crippen molar-refractivity contribution in [3.8, 4) is 0 Å². The minimum absolute atomic E-state index is 0.0897. The van der Waals surface area contributed by atoms with Crippen molar-refractivity contribution in [3.05, 3.63) is 0 Å². The molecule has 1 atom stereocenters. The van der Waals surface area contributed by atoms with Crippen LogP contribution in [-0.4, -0.2) is 42.7 Å². The molecule has 6 nitrogen and oxygen atoms in total. The summed E-state index contributed by atoms with van der Waals surface area (Å²) in [5.41, 5.74) is 5.18. The summed E-state index contributed by atoms with van der Waals surface area (Å²) in [6.07, 6.45) is 0. The Kier molecular flexibility index (Phi) is 5.82. The van der Waals surface area contributed by atoms with E-state index in [1.165, 1.54) is 0 Å². The monoisotopic (exact) mass is 189 g/mol. The Morgan fingerprint density at radius 3 is 2.62 bits per heavy atom. The van der Waals surface area contributed by atoms with Gasteiger partial charge < -0.3 is 21.5 Å². The Hall–Kier alpha value is -1.14. The van der Waals surface area contributed by atoms with Crippen molar-refractivity contribution in [2.75, 3.05) is 19.6 Å². The van der Waals surface area contributed by atoms with E-state index < -0.39 is 12.0 Å². The number of carboxylic acids is 1. The van der Waals surface area contributed by atoms with Crippen LogP contribution in [0.15, 0.2) is 0 Å². The number of carboxylic acid groups (broad SMARTS) is 1. The van der Waals surface area contributed by atoms with Gasteiger partial charge in [0.25, 0.3) is 0 Å². The Bertz CT molecular complexity index is 184. The van der Waals surface area contributed by atoms with Crippen molar-refractivity contribution in [2.24, 2.45) is 5.73 Å². The molecule has 0 rings (SSSR count). The topological polar surface area (TPSA) is 104 Å². The van der Waals surface area contributed by atoms with Gasteiger partial charge in [-0.1, -0.05) is 0 Å². The van der Waals surface area contributed by atoms with Gasteiger partial charge in [-0.05, 0) is 6.92 Å². The van der Waals surface area contributed by atoms with Crippen molar-refractivity contribution >= 4 is 11.9 Å². The molecule has 0 aliphatic carbocycles. The normalized spacial score (nSPS) is 12.2. The molecule has 76 valence electrons. The third-order valence-electron chi connectivity index (χ3n) is 1.34. The average molecular weight is 189 g/mol. The number of carbonyl (C=O) groups is 2. The summed E-state index contributed by atoms with van der Waals surface area (Å²) in [6.45, 7) is 2.55. The number of likely N-dealkylation sites (N-methyl/N-ethyl adjacent to an activating group) is 1. The van der Waals surface area contributed by atoms with Crippen molar-refractivity contribution in [1.82, 2.24) is 10.6 Å². The quantitative estimate of drug-likeness (QED) is 0.391. The van der Waals surface area contributed by atoms with Crippen molar-refractivity contribution < 1.29 is 14.7 Å². The van der Waals surface area contributed by atoms with Gasteiger partial charge in [0.2, 0.25) is 5.91 Å². The zero-order valence-electron chi connectivity index (χ0n) is 7.54. The molecule has 5 N–H and O–H groups in total. The molecule has 0 aliphatic rings. The zero-order chi connectivity index (χ0) is 10.3. The molecule has 0 radical (unpaired) electrons. The van der Waals surface area contributed by atoms with Crippen LogP contribution in [-0.2, 0) is 9.59 Å². The van der Waals surface area contributed by atoms with Crippen LogP contribution in [0.3, 0.4) is 0 Å². The number of aliphatic carboxylic acids is 1. The molecule has 0 saturated carbocycles. The summed E-state index contributed by atoms with van der Waals surface area (Å²) in [5.74, 6) is -1.25. The lowest BCUT2D eigenvalue weighted by atomic mass is 10.3. The number of nitrogens with one attached hydrogen (secondary N) is 2. The van der Waals surface area contributed by atoms with Crippen molar-refractivity contribution in [3.63, 3.8) is 0 Å². The maximum atomic E-state index is 10.8. The maximum absolute atomic E-state index is 10.8. The molecule has 0 aromatic carbocycles. The lowest BCUT2D eigenvalue weighted by Crippen LogP contribution is -2.43. The highest BCUT2D eigenvalue weighted by Crippen LogP contribution is 1.74. The molecule has 0 spiro atoms. The summed E-state index contributed by atoms with van der Waals surface area (Å²) in [4.78, 5) is 21.1. The average Bonchev–Trinajstić information content (AvgIpc) is 2.04. The molecular weight excluding hydrogens is 174 g/mol. The first-order valence-electron chi connectivity index (χ1n) is 4.03. The number of carbonyl (C=O) groups excluding carboxylic acids is 1. The van der Waals surface area contributed by atoms with Gasteiger partial charge in [0.1, 0.15) is 6.04 Å². The molecule has 6 heteroatoms. The van der Waals surface area contributed by atoms with E-state index in [1.54, 1.807) is 6.92 Å². The van der Waals surface area contributed by atoms with Crippen LogP contribution in [0.4, 0.5) is 0 Å². The van der Waals surface area contributed by atoms with Crippen LogP contribution in [0, 0.1) is 0 Å². The Morgan fingerprint density at radius 1 is 1.54 bits per heavy atom. The molecule has 0 heterocycles. The fourth-order valence-electron chi connectivity index (χ4n) is 0.688. The number of nitrogens with two attached hydrogens (primary N) is 1. The maximum Gasteiger partial charge on any atom is 0.321 e. The standard InChI is InChI=1S/C7H15N3O3/c1-2-10-6(11)4-9-3-5(8)7(12)13/h5,9H,2-4,8H2,1H3,(H,10,11)(H,12,13). The van der Waals surface area contributed by atoms with E-state index in [0.29, 0.717) is 6.54 Å². The fraction of sp³-hybridized carbons (Fsp3) is 0.714. The van der Waals surface area contributed by atoms with E-state index >= 15 is 0 Å². The first-order chi connectivity index (χ1) is 6.07. The van der Waals surface area contributed by atoms with Gasteiger partial charge in [-0.2, -0.15) is 0 Å². The molecule has 0 aromatic rings. The second-order valence-electron chi connectivity index (χ2n) is 2.53. The van der Waals surface area contributed by atoms with Crippen LogP contribution < -0.4 is 16.4 Å². The fourth-order valence-corrected chi connectivity index (χ4v) is 0.688. The van der Waals surface area contributed by atoms with Crippen LogP contribution in [0.1, 0.15) is 6.92 Å². The third kappa shape index (κ3) is 6.06. The van der Waals surface area contributed by atoms with E-state index in [4.69, 9.17) is 10.8 Å². The molecule has 0 aliphatic heterocycles. The minimum atomic E-state index is -1.08. The highest BCUT2D eigenvalue weighted by atomic mass is 16.4. The number of hydrogen-bond acceptors (Lipinski definition) is 4. The molecule has 0 saturated heterocycles. The molecule has 0 aromatic heterocycles. The Balaban J connectivity index is 3.44. The SMILES string of the molecule is CCNC(=O)CNCC(N)C(=O)O. The Morgan fingerprint density at radius 2 is 2.15 bits per heavy atom. The lowest BCUT2D eigenvalue weighted by molar-refractivity contribution is -0.138. The van der Waals surface area contributed by atoms with Crippen LogP contribution in [0.5, 0.6) is 0 Å². The van der Waals surface area contributed by atoms with E-state index in [2.05, 4.69) is 10.6 Å². The van der Waals surface area contributed by atoms with Crippen LogP contribution in [0.2, 0.25) is 0 Å². The molecule has 13 heavy (non-hydrogen) atoms. The third-order valence-corrected chi connectivity index (χ3v) is 1.34. The first-order valence-corrected chi connectivity index (χ1v) is 4.03. The van der Waals surface area contributed by atoms with Gasteiger partial charge in [0.15, 0.2) is 0 Å². The first kappa shape index (κ1) is 11.9. The lowest BCUT2D eigenvalue weighted by Gasteiger charge is -2.07. The van der Waals surface area contributed by atoms with E-state index in [0.717, 1.165) is 0 Å². The van der Waals surface area contributed by atoms with Crippen molar-refractivity contribution in [2.45, 2.75) is 13.0 Å². The Labute approximate surface area is 76.5 Å². The van der Waals surface area contributed by atoms with E-state index in [-0.39, 0.29) is 19.0 Å². The summed E-state index contributed by atoms with van der Waals surface area (Å²) in [7, 11) is 0. The second-order valence-corrected chi connectivity index (χ2v) is 2.53. The van der Waals surface area contributed by atoms with E-state index in [1.807, 2.05) is 0 Å². The highest BCUT2D eigenvalue weighted by molar-refractivity contribution is 5.78. The molecule has 0 fully saturated rings. The van der Waals surface area contributed by atoms with Gasteiger partial charge in [-0.15, -0.1) is 0 Å². The van der Waals surface area contributed by atoms with Crippen LogP contribution >= 0.6 is 0 Å². The molecule has 1 unspecified atom stereocenters. The van der Waals surface area contributed by atoms with Crippen molar-refractivity contribution in [1.29, 1.82) is 0 Å². The minimum Gasteiger partial charge on any atom is -0.480 e. The smallest absolute Gasteiger partial charge is 0.321 e. The van der Waals surface area contributed by atoms with Gasteiger partial charge in [0.05, 0.1) is 6.54 Å². The molecular formula is C7H15N3O3. The van der Waals surface area contributed by atoms with Gasteiger partial charge >= 0.3 is 5.97 Å². The summed E-state index contributed by atoms with van der Waals surface area (Å²) >= 11 is 0. The molecule has 1 amide bonds. The largest absolute Gasteiger partial charge is 0.480 e. The number of rotatable bonds is 6. The predicted molar refractivity (Wildman–Crippen MR) is 47.2 cm³/mol. The predicted octanol–water partition coefficient (Wildman–Crippen LogP) is -1.88. The highest BCUT2D eigenvalue weighted by Gasteiger charge is 2.10.